The number of nitrogens with one attached hydrogen (secondary N) is 1. The summed E-state index contributed by atoms with van der Waals surface area (Å²) in [7, 11) is 0. The maximum atomic E-state index is 12.1. The van der Waals surface area contributed by atoms with E-state index in [0.29, 0.717) is 27.2 Å². The fourth-order valence-corrected chi connectivity index (χ4v) is 2.74. The van der Waals surface area contributed by atoms with E-state index in [2.05, 4.69) is 20.9 Å². The number of rotatable bonds is 1. The van der Waals surface area contributed by atoms with Crippen LogP contribution in [0.1, 0.15) is 6.92 Å². The van der Waals surface area contributed by atoms with Gasteiger partial charge in [0.05, 0.1) is 15.9 Å². The Bertz CT molecular complexity index is 677. The third kappa shape index (κ3) is 1.83. The van der Waals surface area contributed by atoms with Crippen molar-refractivity contribution < 1.29 is 0 Å². The van der Waals surface area contributed by atoms with E-state index >= 15 is 0 Å². The Morgan fingerprint density at radius 1 is 1.56 bits per heavy atom. The summed E-state index contributed by atoms with van der Waals surface area (Å²) in [6.45, 7) is 2.41. The average molecular weight is 320 g/mol. The first-order valence-electron chi connectivity index (χ1n) is 4.66. The second-order valence-electron chi connectivity index (χ2n) is 3.29. The van der Waals surface area contributed by atoms with E-state index in [1.165, 1.54) is 4.57 Å². The highest BCUT2D eigenvalue weighted by Crippen LogP contribution is 2.24. The van der Waals surface area contributed by atoms with Crippen LogP contribution in [0.25, 0.3) is 10.9 Å². The summed E-state index contributed by atoms with van der Waals surface area (Å²) < 4.78 is 2.67. The van der Waals surface area contributed by atoms with Crippen molar-refractivity contribution in [2.45, 2.75) is 13.5 Å². The highest BCUT2D eigenvalue weighted by Gasteiger charge is 2.08. The molecule has 0 spiro atoms. The van der Waals surface area contributed by atoms with Gasteiger partial charge in [-0.1, -0.05) is 27.5 Å². The van der Waals surface area contributed by atoms with Gasteiger partial charge in [-0.3, -0.25) is 9.36 Å². The van der Waals surface area contributed by atoms with E-state index < -0.39 is 0 Å². The Morgan fingerprint density at radius 3 is 2.88 bits per heavy atom. The van der Waals surface area contributed by atoms with Crippen molar-refractivity contribution in [1.82, 2.24) is 9.55 Å². The Balaban J connectivity index is 3.05. The highest BCUT2D eigenvalue weighted by atomic mass is 79.9. The second kappa shape index (κ2) is 4.31. The largest absolute Gasteiger partial charge is 0.330 e. The Morgan fingerprint density at radius 2 is 2.25 bits per heavy atom. The standard InChI is InChI=1S/C10H8BrClN2OS/c1-2-14-9(15)6-3-5(11)4-7(12)8(6)13-10(14)16/h3-4H,2H2,1H3,(H,13,16). The van der Waals surface area contributed by atoms with Crippen molar-refractivity contribution in [3.63, 3.8) is 0 Å². The fourth-order valence-electron chi connectivity index (χ4n) is 1.57. The van der Waals surface area contributed by atoms with Crippen molar-refractivity contribution in [2.24, 2.45) is 0 Å². The summed E-state index contributed by atoms with van der Waals surface area (Å²) in [5, 5.41) is 1.02. The summed E-state index contributed by atoms with van der Waals surface area (Å²) in [6, 6.07) is 3.46. The Kier molecular flexibility index (Phi) is 3.19. The van der Waals surface area contributed by atoms with Gasteiger partial charge in [0.2, 0.25) is 0 Å². The molecule has 16 heavy (non-hydrogen) atoms. The molecule has 0 radical (unpaired) electrons. The van der Waals surface area contributed by atoms with E-state index in [-0.39, 0.29) is 5.56 Å². The van der Waals surface area contributed by atoms with Crippen LogP contribution in [0.3, 0.4) is 0 Å². The first kappa shape index (κ1) is 11.8. The summed E-state index contributed by atoms with van der Waals surface area (Å²) in [4.78, 5) is 15.1. The second-order valence-corrected chi connectivity index (χ2v) is 5.00. The molecule has 0 bridgehead atoms. The lowest BCUT2D eigenvalue weighted by Crippen LogP contribution is -2.21. The summed E-state index contributed by atoms with van der Waals surface area (Å²) in [5.41, 5.74) is 0.467. The lowest BCUT2D eigenvalue weighted by atomic mass is 10.2. The summed E-state index contributed by atoms with van der Waals surface area (Å²) in [6.07, 6.45) is 0. The molecule has 1 N–H and O–H groups in total. The first-order valence-corrected chi connectivity index (χ1v) is 6.24. The van der Waals surface area contributed by atoms with E-state index in [0.717, 1.165) is 4.47 Å². The molecule has 84 valence electrons. The molecule has 0 saturated heterocycles. The van der Waals surface area contributed by atoms with Gasteiger partial charge in [0.25, 0.3) is 5.56 Å². The molecule has 0 fully saturated rings. The van der Waals surface area contributed by atoms with Crippen molar-refractivity contribution in [2.75, 3.05) is 0 Å². The molecule has 0 aliphatic heterocycles. The van der Waals surface area contributed by atoms with E-state index in [1.807, 2.05) is 6.92 Å². The number of aromatic nitrogens is 2. The van der Waals surface area contributed by atoms with Gasteiger partial charge in [-0.15, -0.1) is 0 Å². The summed E-state index contributed by atoms with van der Waals surface area (Å²) in [5.74, 6) is 0. The molecular weight excluding hydrogens is 312 g/mol. The van der Waals surface area contributed by atoms with Crippen LogP contribution in [0, 0.1) is 4.77 Å². The number of fused-ring (bicyclic) bond motifs is 1. The number of aromatic amines is 1. The van der Waals surface area contributed by atoms with Crippen LogP contribution in [-0.4, -0.2) is 9.55 Å². The smallest absolute Gasteiger partial charge is 0.262 e. The van der Waals surface area contributed by atoms with E-state index in [1.54, 1.807) is 12.1 Å². The molecule has 2 aromatic rings. The molecule has 0 amide bonds. The van der Waals surface area contributed by atoms with Gasteiger partial charge < -0.3 is 4.98 Å². The van der Waals surface area contributed by atoms with Crippen LogP contribution < -0.4 is 5.56 Å². The molecular formula is C10H8BrClN2OS. The first-order chi connectivity index (χ1) is 7.54. The molecule has 1 aromatic heterocycles. The quantitative estimate of drug-likeness (QED) is 0.817. The Labute approximate surface area is 110 Å². The van der Waals surface area contributed by atoms with Gasteiger partial charge in [0, 0.05) is 11.0 Å². The molecule has 1 aromatic carbocycles. The average Bonchev–Trinajstić information content (AvgIpc) is 2.21. The number of H-pyrrole nitrogens is 1. The predicted octanol–water partition coefficient (Wildman–Crippen LogP) is 3.49. The van der Waals surface area contributed by atoms with Gasteiger partial charge in [0.1, 0.15) is 0 Å². The maximum absolute atomic E-state index is 12.1. The molecule has 6 heteroatoms. The van der Waals surface area contributed by atoms with Crippen molar-refractivity contribution in [1.29, 1.82) is 0 Å². The number of benzene rings is 1. The van der Waals surface area contributed by atoms with E-state index in [4.69, 9.17) is 23.8 Å². The normalized spacial score (nSPS) is 10.9. The minimum Gasteiger partial charge on any atom is -0.330 e. The number of hydrogen-bond donors (Lipinski definition) is 1. The van der Waals surface area contributed by atoms with Gasteiger partial charge in [-0.2, -0.15) is 0 Å². The molecule has 0 atom stereocenters. The molecule has 0 aliphatic rings. The topological polar surface area (TPSA) is 37.8 Å². The van der Waals surface area contributed by atoms with E-state index in [9.17, 15) is 4.79 Å². The van der Waals surface area contributed by atoms with Crippen LogP contribution in [-0.2, 0) is 6.54 Å². The SMILES string of the molecule is CCn1c(=S)[nH]c2c(Cl)cc(Br)cc2c1=O. The number of hydrogen-bond acceptors (Lipinski definition) is 2. The van der Waals surface area contributed by atoms with Crippen LogP contribution >= 0.6 is 39.7 Å². The van der Waals surface area contributed by atoms with Crippen LogP contribution in [0.2, 0.25) is 5.02 Å². The minimum absolute atomic E-state index is 0.121. The molecule has 1 heterocycles. The van der Waals surface area contributed by atoms with Crippen molar-refractivity contribution >= 4 is 50.7 Å². The molecule has 2 rings (SSSR count). The lowest BCUT2D eigenvalue weighted by Gasteiger charge is -2.06. The zero-order valence-corrected chi connectivity index (χ0v) is 11.5. The lowest BCUT2D eigenvalue weighted by molar-refractivity contribution is 0.704. The van der Waals surface area contributed by atoms with Crippen LogP contribution in [0.15, 0.2) is 21.4 Å². The van der Waals surface area contributed by atoms with Gasteiger partial charge in [0.15, 0.2) is 4.77 Å². The zero-order chi connectivity index (χ0) is 11.9. The van der Waals surface area contributed by atoms with Crippen LogP contribution in [0.4, 0.5) is 0 Å². The fraction of sp³-hybridized carbons (Fsp3) is 0.200. The van der Waals surface area contributed by atoms with Crippen molar-refractivity contribution in [3.8, 4) is 0 Å². The minimum atomic E-state index is -0.121. The van der Waals surface area contributed by atoms with Gasteiger partial charge in [-0.25, -0.2) is 0 Å². The van der Waals surface area contributed by atoms with Gasteiger partial charge >= 0.3 is 0 Å². The molecule has 0 unspecified atom stereocenters. The van der Waals surface area contributed by atoms with Crippen LogP contribution in [0.5, 0.6) is 0 Å². The molecule has 3 nitrogen and oxygen atoms in total. The highest BCUT2D eigenvalue weighted by molar-refractivity contribution is 9.10. The maximum Gasteiger partial charge on any atom is 0.262 e. The predicted molar refractivity (Wildman–Crippen MR) is 71.8 cm³/mol. The third-order valence-corrected chi connectivity index (χ3v) is 3.40. The molecule has 0 aliphatic carbocycles. The third-order valence-electron chi connectivity index (χ3n) is 2.32. The number of nitrogens with zero attached hydrogens (tertiary/aromatic N) is 1. The Hall–Kier alpha value is -0.650. The zero-order valence-electron chi connectivity index (χ0n) is 8.38. The number of halogens is 2. The molecule has 0 saturated carbocycles. The van der Waals surface area contributed by atoms with Gasteiger partial charge in [-0.05, 0) is 31.3 Å². The van der Waals surface area contributed by atoms with Crippen molar-refractivity contribution in [3.05, 3.63) is 36.8 Å². The summed E-state index contributed by atoms with van der Waals surface area (Å²) >= 11 is 14.5. The monoisotopic (exact) mass is 318 g/mol.